The first-order valence-corrected chi connectivity index (χ1v) is 11.2. The third-order valence-corrected chi connectivity index (χ3v) is 6.45. The minimum Gasteiger partial charge on any atom is -0.272 e. The molecule has 8 heteroatoms. The second-order valence-corrected chi connectivity index (χ2v) is 8.81. The highest BCUT2D eigenvalue weighted by atomic mass is 32.2. The average molecular weight is 410 g/mol. The van der Waals surface area contributed by atoms with E-state index in [0.717, 1.165) is 36.0 Å². The minimum atomic E-state index is -3.37. The predicted molar refractivity (Wildman–Crippen MR) is 111 cm³/mol. The molecule has 0 saturated carbocycles. The maximum absolute atomic E-state index is 12.8. The summed E-state index contributed by atoms with van der Waals surface area (Å²) in [6, 6.07) is 9.49. The molecule has 7 nitrogen and oxygen atoms in total. The molecule has 1 unspecified atom stereocenters. The van der Waals surface area contributed by atoms with Crippen LogP contribution in [0.2, 0.25) is 0 Å². The largest absolute Gasteiger partial charge is 0.272 e. The highest BCUT2D eigenvalue weighted by Crippen LogP contribution is 2.35. The smallest absolute Gasteiger partial charge is 0.259 e. The minimum absolute atomic E-state index is 0.0353. The lowest BCUT2D eigenvalue weighted by Crippen LogP contribution is -2.17. The Kier molecular flexibility index (Phi) is 5.29. The Morgan fingerprint density at radius 1 is 1.21 bits per heavy atom. The summed E-state index contributed by atoms with van der Waals surface area (Å²) in [6.07, 6.45) is 8.33. The van der Waals surface area contributed by atoms with Crippen LogP contribution in [0.1, 0.15) is 30.0 Å². The normalized spacial score (nSPS) is 15.0. The number of hydrogen-bond acceptors (Lipinski definition) is 4. The second kappa shape index (κ2) is 7.88. The molecule has 29 heavy (non-hydrogen) atoms. The number of nitrogens with zero attached hydrogens (tertiary/aromatic N) is 4. The van der Waals surface area contributed by atoms with E-state index in [9.17, 15) is 9.00 Å². The van der Waals surface area contributed by atoms with E-state index in [1.165, 1.54) is 11.1 Å². The van der Waals surface area contributed by atoms with Gasteiger partial charge in [0.2, 0.25) is 0 Å². The standard InChI is InChI=1S/C21H23N5O2S/c1-2-26-13-10-20(24-26)29(22,28)25-19(27)14-17-7-6-15-4-3-5-18(15)21(17)16-8-11-23-12-9-16/h6-13H,2-5,14H2,1H3,(H2,22,25,27,28). The van der Waals surface area contributed by atoms with E-state index in [1.807, 2.05) is 25.1 Å². The van der Waals surface area contributed by atoms with Crippen LogP contribution in [0.3, 0.4) is 0 Å². The van der Waals surface area contributed by atoms with Crippen LogP contribution < -0.4 is 5.14 Å². The molecule has 1 aromatic carbocycles. The number of fused-ring (bicyclic) bond motifs is 1. The van der Waals surface area contributed by atoms with Crippen molar-refractivity contribution in [1.82, 2.24) is 14.8 Å². The van der Waals surface area contributed by atoms with E-state index in [0.29, 0.717) is 6.54 Å². The topological polar surface area (TPSA) is 103 Å². The zero-order valence-electron chi connectivity index (χ0n) is 16.2. The number of nitrogens with two attached hydrogens (primary N) is 1. The van der Waals surface area contributed by atoms with E-state index in [4.69, 9.17) is 5.14 Å². The van der Waals surface area contributed by atoms with Crippen LogP contribution >= 0.6 is 0 Å². The van der Waals surface area contributed by atoms with Gasteiger partial charge in [0.05, 0.1) is 6.42 Å². The first-order valence-electron chi connectivity index (χ1n) is 9.63. The zero-order valence-corrected chi connectivity index (χ0v) is 17.1. The summed E-state index contributed by atoms with van der Waals surface area (Å²) >= 11 is 0. The molecule has 0 fully saturated rings. The monoisotopic (exact) mass is 409 g/mol. The van der Waals surface area contributed by atoms with Crippen LogP contribution in [0.15, 0.2) is 58.3 Å². The van der Waals surface area contributed by atoms with Gasteiger partial charge in [0.15, 0.2) is 14.9 Å². The summed E-state index contributed by atoms with van der Waals surface area (Å²) in [5, 5.41) is 10.1. The quantitative estimate of drug-likeness (QED) is 0.700. The number of aryl methyl sites for hydroxylation is 2. The Morgan fingerprint density at radius 3 is 2.72 bits per heavy atom. The van der Waals surface area contributed by atoms with E-state index in [-0.39, 0.29) is 11.4 Å². The average Bonchev–Trinajstić information content (AvgIpc) is 3.37. The van der Waals surface area contributed by atoms with Crippen molar-refractivity contribution in [1.29, 1.82) is 0 Å². The van der Waals surface area contributed by atoms with Crippen LogP contribution in [-0.2, 0) is 40.5 Å². The lowest BCUT2D eigenvalue weighted by molar-refractivity contribution is -0.117. The van der Waals surface area contributed by atoms with Gasteiger partial charge in [0.1, 0.15) is 0 Å². The third kappa shape index (κ3) is 3.99. The fourth-order valence-electron chi connectivity index (χ4n) is 3.81. The Bertz CT molecular complexity index is 1180. The molecule has 1 aliphatic rings. The van der Waals surface area contributed by atoms with Crippen molar-refractivity contribution >= 4 is 15.8 Å². The fraction of sp³-hybridized carbons (Fsp3) is 0.286. The molecule has 2 N–H and O–H groups in total. The number of hydrogen-bond donors (Lipinski definition) is 1. The van der Waals surface area contributed by atoms with E-state index < -0.39 is 15.8 Å². The van der Waals surface area contributed by atoms with Crippen LogP contribution in [0.25, 0.3) is 11.1 Å². The van der Waals surface area contributed by atoms with Gasteiger partial charge in [0.25, 0.3) is 5.91 Å². The van der Waals surface area contributed by atoms with Gasteiger partial charge in [-0.1, -0.05) is 12.1 Å². The van der Waals surface area contributed by atoms with Crippen LogP contribution in [0, 0.1) is 0 Å². The maximum atomic E-state index is 12.8. The molecule has 0 aliphatic heterocycles. The number of amides is 1. The van der Waals surface area contributed by atoms with Crippen molar-refractivity contribution in [2.45, 2.75) is 44.2 Å². The van der Waals surface area contributed by atoms with E-state index in [2.05, 4.69) is 20.5 Å². The first kappa shape index (κ1) is 19.5. The Labute approximate surface area is 170 Å². The molecule has 4 rings (SSSR count). The first-order chi connectivity index (χ1) is 14.0. The molecule has 2 aromatic heterocycles. The Balaban J connectivity index is 1.69. The molecule has 1 amide bonds. The summed E-state index contributed by atoms with van der Waals surface area (Å²) in [5.41, 5.74) is 5.54. The van der Waals surface area contributed by atoms with Gasteiger partial charge < -0.3 is 0 Å². The van der Waals surface area contributed by atoms with Crippen molar-refractivity contribution in [3.05, 3.63) is 65.6 Å². The van der Waals surface area contributed by atoms with Gasteiger partial charge in [-0.05, 0) is 72.2 Å². The molecule has 150 valence electrons. The van der Waals surface area contributed by atoms with Gasteiger partial charge in [-0.2, -0.15) is 5.10 Å². The number of aromatic nitrogens is 3. The molecule has 0 saturated heterocycles. The number of carbonyl (C=O) groups is 1. The molecule has 1 aliphatic carbocycles. The van der Waals surface area contributed by atoms with Crippen molar-refractivity contribution < 1.29 is 9.00 Å². The third-order valence-electron chi connectivity index (χ3n) is 5.16. The Hall–Kier alpha value is -2.84. The number of benzene rings is 1. The number of pyridine rings is 1. The maximum Gasteiger partial charge on any atom is 0.259 e. The second-order valence-electron chi connectivity index (χ2n) is 7.07. The van der Waals surface area contributed by atoms with Crippen molar-refractivity contribution in [3.63, 3.8) is 0 Å². The molecule has 0 spiro atoms. The van der Waals surface area contributed by atoms with Gasteiger partial charge in [0, 0.05) is 25.1 Å². The highest BCUT2D eigenvalue weighted by molar-refractivity contribution is 7.91. The summed E-state index contributed by atoms with van der Waals surface area (Å²) < 4.78 is 18.2. The molecular formula is C21H23N5O2S. The van der Waals surface area contributed by atoms with Gasteiger partial charge in [-0.15, -0.1) is 4.36 Å². The highest BCUT2D eigenvalue weighted by Gasteiger charge is 2.21. The molecule has 0 bridgehead atoms. The van der Waals surface area contributed by atoms with E-state index in [1.54, 1.807) is 29.3 Å². The van der Waals surface area contributed by atoms with Crippen LogP contribution in [-0.4, -0.2) is 24.9 Å². The van der Waals surface area contributed by atoms with Crippen molar-refractivity contribution in [2.75, 3.05) is 0 Å². The number of rotatable bonds is 5. The van der Waals surface area contributed by atoms with Crippen molar-refractivity contribution in [3.8, 4) is 11.1 Å². The molecule has 0 radical (unpaired) electrons. The number of carbonyl (C=O) groups excluding carboxylic acids is 1. The van der Waals surface area contributed by atoms with Gasteiger partial charge in [-0.3, -0.25) is 14.5 Å². The summed E-state index contributed by atoms with van der Waals surface area (Å²) in [6.45, 7) is 2.53. The lowest BCUT2D eigenvalue weighted by atomic mass is 9.91. The Morgan fingerprint density at radius 2 is 2.00 bits per heavy atom. The van der Waals surface area contributed by atoms with Crippen LogP contribution in [0.5, 0.6) is 0 Å². The van der Waals surface area contributed by atoms with Gasteiger partial charge >= 0.3 is 0 Å². The molecule has 3 aromatic rings. The fourth-order valence-corrected chi connectivity index (χ4v) is 4.75. The molecule has 2 heterocycles. The predicted octanol–water partition coefficient (Wildman–Crippen LogP) is 2.92. The van der Waals surface area contributed by atoms with Crippen molar-refractivity contribution in [2.24, 2.45) is 9.50 Å². The zero-order chi connectivity index (χ0) is 20.4. The molecular weight excluding hydrogens is 386 g/mol. The SMILES string of the molecule is CCn1ccc(S(N)(=O)=NC(=O)Cc2ccc3c(c2-c2ccncc2)CCC3)n1. The lowest BCUT2D eigenvalue weighted by Gasteiger charge is -2.14. The molecule has 1 atom stereocenters. The van der Waals surface area contributed by atoms with Crippen LogP contribution in [0.4, 0.5) is 0 Å². The van der Waals surface area contributed by atoms with E-state index >= 15 is 0 Å². The summed E-state index contributed by atoms with van der Waals surface area (Å²) in [7, 11) is -3.37. The summed E-state index contributed by atoms with van der Waals surface area (Å²) in [4.78, 5) is 16.8. The summed E-state index contributed by atoms with van der Waals surface area (Å²) in [5.74, 6) is -0.517. The van der Waals surface area contributed by atoms with Gasteiger partial charge in [-0.25, -0.2) is 9.35 Å².